The summed E-state index contributed by atoms with van der Waals surface area (Å²) in [6, 6.07) is 10.4. The summed E-state index contributed by atoms with van der Waals surface area (Å²) in [7, 11) is 3.18. The molecule has 0 aliphatic heterocycles. The second-order valence-corrected chi connectivity index (χ2v) is 4.62. The van der Waals surface area contributed by atoms with Gasteiger partial charge in [0.2, 0.25) is 0 Å². The van der Waals surface area contributed by atoms with E-state index in [4.69, 9.17) is 9.47 Å². The molecule has 0 aliphatic carbocycles. The van der Waals surface area contributed by atoms with Gasteiger partial charge in [-0.2, -0.15) is 0 Å². The average Bonchev–Trinajstić information content (AvgIpc) is 2.52. The van der Waals surface area contributed by atoms with Crippen LogP contribution >= 0.6 is 0 Å². The largest absolute Gasteiger partial charge is 0.493 e. The van der Waals surface area contributed by atoms with E-state index >= 15 is 0 Å². The van der Waals surface area contributed by atoms with Gasteiger partial charge in [-0.15, -0.1) is 0 Å². The lowest BCUT2D eigenvalue weighted by atomic mass is 9.98. The molecule has 0 saturated heterocycles. The number of halogens is 1. The Morgan fingerprint density at radius 3 is 2.52 bits per heavy atom. The van der Waals surface area contributed by atoms with Crippen molar-refractivity contribution in [2.24, 2.45) is 0 Å². The fourth-order valence-electron chi connectivity index (χ4n) is 2.31. The van der Waals surface area contributed by atoms with E-state index in [1.165, 1.54) is 12.1 Å². The minimum absolute atomic E-state index is 0.268. The van der Waals surface area contributed by atoms with Crippen molar-refractivity contribution < 1.29 is 13.9 Å². The fourth-order valence-corrected chi connectivity index (χ4v) is 2.31. The Morgan fingerprint density at radius 2 is 1.86 bits per heavy atom. The molecule has 3 nitrogen and oxygen atoms in total. The zero-order valence-electron chi connectivity index (χ0n) is 12.6. The SMILES string of the molecule is CCNCc1ccc(F)cc1-c1cccc(OC)c1OC. The summed E-state index contributed by atoms with van der Waals surface area (Å²) in [5.41, 5.74) is 2.65. The van der Waals surface area contributed by atoms with Gasteiger partial charge in [0.05, 0.1) is 14.2 Å². The lowest BCUT2D eigenvalue weighted by Crippen LogP contribution is -2.12. The molecular formula is C17H20FNO2. The Kier molecular flexibility index (Phi) is 5.17. The Hall–Kier alpha value is -2.07. The van der Waals surface area contributed by atoms with E-state index in [9.17, 15) is 4.39 Å². The van der Waals surface area contributed by atoms with Crippen LogP contribution in [0.5, 0.6) is 11.5 Å². The third-order valence-electron chi connectivity index (χ3n) is 3.33. The van der Waals surface area contributed by atoms with Crippen molar-refractivity contribution in [3.8, 4) is 22.6 Å². The number of rotatable bonds is 6. The average molecular weight is 289 g/mol. The monoisotopic (exact) mass is 289 g/mol. The molecule has 2 rings (SSSR count). The fraction of sp³-hybridized carbons (Fsp3) is 0.294. The molecule has 0 saturated carbocycles. The lowest BCUT2D eigenvalue weighted by Gasteiger charge is -2.16. The van der Waals surface area contributed by atoms with Gasteiger partial charge in [0, 0.05) is 12.1 Å². The van der Waals surface area contributed by atoms with Gasteiger partial charge in [-0.1, -0.05) is 25.1 Å². The molecule has 0 bridgehead atoms. The predicted octanol–water partition coefficient (Wildman–Crippen LogP) is 3.62. The zero-order chi connectivity index (χ0) is 15.2. The van der Waals surface area contributed by atoms with Crippen molar-refractivity contribution in [2.75, 3.05) is 20.8 Å². The number of nitrogens with one attached hydrogen (secondary N) is 1. The first-order valence-electron chi connectivity index (χ1n) is 6.91. The number of methoxy groups -OCH3 is 2. The van der Waals surface area contributed by atoms with Gasteiger partial charge in [0.15, 0.2) is 11.5 Å². The Bertz CT molecular complexity index is 614. The first kappa shape index (κ1) is 15.3. The topological polar surface area (TPSA) is 30.5 Å². The third-order valence-corrected chi connectivity index (χ3v) is 3.33. The van der Waals surface area contributed by atoms with Crippen LogP contribution in [0.2, 0.25) is 0 Å². The summed E-state index contributed by atoms with van der Waals surface area (Å²) in [6.45, 7) is 3.56. The molecule has 112 valence electrons. The van der Waals surface area contributed by atoms with Crippen LogP contribution in [0, 0.1) is 5.82 Å². The molecule has 0 unspecified atom stereocenters. The normalized spacial score (nSPS) is 10.5. The van der Waals surface area contributed by atoms with Crippen LogP contribution < -0.4 is 14.8 Å². The molecule has 0 heterocycles. The zero-order valence-corrected chi connectivity index (χ0v) is 12.6. The minimum Gasteiger partial charge on any atom is -0.493 e. The van der Waals surface area contributed by atoms with E-state index in [-0.39, 0.29) is 5.82 Å². The van der Waals surface area contributed by atoms with Gasteiger partial charge in [-0.05, 0) is 35.9 Å². The summed E-state index contributed by atoms with van der Waals surface area (Å²) in [5, 5.41) is 3.27. The molecule has 4 heteroatoms. The van der Waals surface area contributed by atoms with Gasteiger partial charge in [-0.25, -0.2) is 4.39 Å². The van der Waals surface area contributed by atoms with E-state index in [2.05, 4.69) is 5.32 Å². The molecule has 2 aromatic rings. The molecule has 0 spiro atoms. The van der Waals surface area contributed by atoms with Gasteiger partial charge < -0.3 is 14.8 Å². The van der Waals surface area contributed by atoms with E-state index in [0.717, 1.165) is 23.2 Å². The highest BCUT2D eigenvalue weighted by Crippen LogP contribution is 2.39. The van der Waals surface area contributed by atoms with Gasteiger partial charge in [0.1, 0.15) is 5.82 Å². The number of benzene rings is 2. The van der Waals surface area contributed by atoms with E-state index in [1.54, 1.807) is 20.3 Å². The molecule has 21 heavy (non-hydrogen) atoms. The van der Waals surface area contributed by atoms with Crippen LogP contribution in [-0.4, -0.2) is 20.8 Å². The lowest BCUT2D eigenvalue weighted by molar-refractivity contribution is 0.356. The second kappa shape index (κ2) is 7.09. The molecule has 0 amide bonds. The summed E-state index contributed by atoms with van der Waals surface area (Å²) in [4.78, 5) is 0. The van der Waals surface area contributed by atoms with E-state index in [0.29, 0.717) is 18.0 Å². The maximum absolute atomic E-state index is 13.7. The van der Waals surface area contributed by atoms with Crippen molar-refractivity contribution in [2.45, 2.75) is 13.5 Å². The summed E-state index contributed by atoms with van der Waals surface area (Å²) in [5.74, 6) is 0.979. The van der Waals surface area contributed by atoms with Crippen LogP contribution in [0.3, 0.4) is 0 Å². The highest BCUT2D eigenvalue weighted by Gasteiger charge is 2.15. The number of hydrogen-bond acceptors (Lipinski definition) is 3. The van der Waals surface area contributed by atoms with Gasteiger partial charge >= 0.3 is 0 Å². The number of hydrogen-bond donors (Lipinski definition) is 1. The number of para-hydroxylation sites is 1. The van der Waals surface area contributed by atoms with Gasteiger partial charge in [0.25, 0.3) is 0 Å². The molecule has 0 radical (unpaired) electrons. The summed E-state index contributed by atoms with van der Waals surface area (Å²) < 4.78 is 24.4. The second-order valence-electron chi connectivity index (χ2n) is 4.62. The highest BCUT2D eigenvalue weighted by atomic mass is 19.1. The highest BCUT2D eigenvalue weighted by molar-refractivity contribution is 5.76. The molecule has 0 atom stereocenters. The summed E-state index contributed by atoms with van der Waals surface area (Å²) in [6.07, 6.45) is 0. The van der Waals surface area contributed by atoms with Crippen LogP contribution in [0.25, 0.3) is 11.1 Å². The maximum Gasteiger partial charge on any atom is 0.168 e. The molecule has 0 aromatic heterocycles. The van der Waals surface area contributed by atoms with E-state index < -0.39 is 0 Å². The first-order valence-corrected chi connectivity index (χ1v) is 6.91. The third kappa shape index (κ3) is 3.34. The Balaban J connectivity index is 2.57. The molecule has 2 aromatic carbocycles. The first-order chi connectivity index (χ1) is 10.2. The van der Waals surface area contributed by atoms with Crippen LogP contribution in [0.1, 0.15) is 12.5 Å². The molecule has 1 N–H and O–H groups in total. The van der Waals surface area contributed by atoms with Crippen LogP contribution in [-0.2, 0) is 6.54 Å². The number of ether oxygens (including phenoxy) is 2. The Labute approximate surface area is 124 Å². The van der Waals surface area contributed by atoms with Crippen molar-refractivity contribution in [3.05, 3.63) is 47.8 Å². The molecule has 0 aliphatic rings. The smallest absolute Gasteiger partial charge is 0.168 e. The van der Waals surface area contributed by atoms with E-state index in [1.807, 2.05) is 25.1 Å². The quantitative estimate of drug-likeness (QED) is 0.881. The molecular weight excluding hydrogens is 269 g/mol. The van der Waals surface area contributed by atoms with Crippen molar-refractivity contribution in [1.29, 1.82) is 0 Å². The van der Waals surface area contributed by atoms with Crippen molar-refractivity contribution in [1.82, 2.24) is 5.32 Å². The predicted molar refractivity (Wildman–Crippen MR) is 82.3 cm³/mol. The van der Waals surface area contributed by atoms with Crippen molar-refractivity contribution >= 4 is 0 Å². The van der Waals surface area contributed by atoms with Crippen molar-refractivity contribution in [3.63, 3.8) is 0 Å². The Morgan fingerprint density at radius 1 is 1.05 bits per heavy atom. The minimum atomic E-state index is -0.268. The molecule has 0 fully saturated rings. The standard InChI is InChI=1S/C17H20FNO2/c1-4-19-11-12-8-9-13(18)10-15(12)14-6-5-7-16(20-2)17(14)21-3/h5-10,19H,4,11H2,1-3H3. The van der Waals surface area contributed by atoms with Crippen LogP contribution in [0.15, 0.2) is 36.4 Å². The maximum atomic E-state index is 13.7. The summed E-state index contributed by atoms with van der Waals surface area (Å²) >= 11 is 0. The van der Waals surface area contributed by atoms with Gasteiger partial charge in [-0.3, -0.25) is 0 Å². The van der Waals surface area contributed by atoms with Crippen LogP contribution in [0.4, 0.5) is 4.39 Å².